The Labute approximate surface area is 189 Å². The summed E-state index contributed by atoms with van der Waals surface area (Å²) >= 11 is 0. The molecule has 4 rings (SSSR count). The molecule has 166 valence electrons. The highest BCUT2D eigenvalue weighted by Gasteiger charge is 2.21. The molecule has 33 heavy (non-hydrogen) atoms. The number of para-hydroxylation sites is 1. The summed E-state index contributed by atoms with van der Waals surface area (Å²) in [5.74, 6) is -1.16. The number of nitrogens with one attached hydrogen (secondary N) is 2. The van der Waals surface area contributed by atoms with Crippen LogP contribution in [-0.4, -0.2) is 33.8 Å². The lowest BCUT2D eigenvalue weighted by molar-refractivity contribution is 0.0600. The molecule has 1 amide bonds. The van der Waals surface area contributed by atoms with Crippen molar-refractivity contribution in [1.29, 1.82) is 0 Å². The van der Waals surface area contributed by atoms with Crippen molar-refractivity contribution < 1.29 is 14.3 Å². The molecule has 0 radical (unpaired) electrons. The number of esters is 1. The fraction of sp³-hybridized carbons (Fsp3) is 0.120. The molecule has 0 saturated heterocycles. The molecule has 0 aliphatic heterocycles. The van der Waals surface area contributed by atoms with E-state index < -0.39 is 17.4 Å². The zero-order valence-corrected chi connectivity index (χ0v) is 18.4. The molecule has 0 aliphatic carbocycles. The molecule has 0 fully saturated rings. The average Bonchev–Trinajstić information content (AvgIpc) is 3.28. The topological polar surface area (TPSA) is 106 Å². The van der Waals surface area contributed by atoms with E-state index in [2.05, 4.69) is 20.1 Å². The molecule has 0 unspecified atom stereocenters. The van der Waals surface area contributed by atoms with Gasteiger partial charge in [-0.3, -0.25) is 9.59 Å². The van der Waals surface area contributed by atoms with Crippen molar-refractivity contribution in [1.82, 2.24) is 14.8 Å². The van der Waals surface area contributed by atoms with Crippen molar-refractivity contribution in [3.05, 3.63) is 99.6 Å². The highest BCUT2D eigenvalue weighted by atomic mass is 16.5. The van der Waals surface area contributed by atoms with Gasteiger partial charge >= 0.3 is 5.97 Å². The maximum absolute atomic E-state index is 13.3. The van der Waals surface area contributed by atoms with Crippen LogP contribution in [0, 0.1) is 13.8 Å². The van der Waals surface area contributed by atoms with Crippen molar-refractivity contribution in [3.8, 4) is 16.9 Å². The van der Waals surface area contributed by atoms with E-state index in [4.69, 9.17) is 0 Å². The number of aryl methyl sites for hydroxylation is 2. The summed E-state index contributed by atoms with van der Waals surface area (Å²) in [6.07, 6.45) is 2.85. The first kappa shape index (κ1) is 21.8. The van der Waals surface area contributed by atoms with Gasteiger partial charge in [-0.2, -0.15) is 5.10 Å². The van der Waals surface area contributed by atoms with E-state index >= 15 is 0 Å². The zero-order valence-electron chi connectivity index (χ0n) is 18.4. The Kier molecular flexibility index (Phi) is 5.91. The Morgan fingerprint density at radius 3 is 2.48 bits per heavy atom. The molecule has 0 aliphatic rings. The van der Waals surface area contributed by atoms with E-state index in [-0.39, 0.29) is 16.8 Å². The van der Waals surface area contributed by atoms with Crippen LogP contribution in [0.25, 0.3) is 16.9 Å². The van der Waals surface area contributed by atoms with Gasteiger partial charge < -0.3 is 15.0 Å². The van der Waals surface area contributed by atoms with Crippen molar-refractivity contribution in [3.63, 3.8) is 0 Å². The van der Waals surface area contributed by atoms with Crippen LogP contribution in [0.3, 0.4) is 0 Å². The van der Waals surface area contributed by atoms with E-state index in [1.54, 1.807) is 10.9 Å². The number of benzene rings is 2. The maximum atomic E-state index is 13.3. The highest BCUT2D eigenvalue weighted by Crippen LogP contribution is 2.26. The van der Waals surface area contributed by atoms with Crippen molar-refractivity contribution in [2.75, 3.05) is 12.4 Å². The number of nitrogens with zero attached hydrogens (tertiary/aromatic N) is 2. The Bertz CT molecular complexity index is 1400. The summed E-state index contributed by atoms with van der Waals surface area (Å²) in [6.45, 7) is 4.00. The number of anilines is 1. The maximum Gasteiger partial charge on any atom is 0.339 e. The first-order valence-corrected chi connectivity index (χ1v) is 10.2. The van der Waals surface area contributed by atoms with Crippen molar-refractivity contribution in [2.45, 2.75) is 13.8 Å². The second-order valence-corrected chi connectivity index (χ2v) is 7.55. The summed E-state index contributed by atoms with van der Waals surface area (Å²) in [6, 6.07) is 16.5. The van der Waals surface area contributed by atoms with Gasteiger partial charge in [-0.05, 0) is 49.2 Å². The van der Waals surface area contributed by atoms with Gasteiger partial charge in [0.25, 0.3) is 11.5 Å². The number of pyridine rings is 1. The number of methoxy groups -OCH3 is 1. The predicted molar refractivity (Wildman–Crippen MR) is 125 cm³/mol. The van der Waals surface area contributed by atoms with E-state index in [1.807, 2.05) is 62.4 Å². The van der Waals surface area contributed by atoms with Crippen LogP contribution in [0.4, 0.5) is 5.69 Å². The molecule has 2 aromatic carbocycles. The Balaban J connectivity index is 1.78. The lowest BCUT2D eigenvalue weighted by Gasteiger charge is -2.07. The van der Waals surface area contributed by atoms with Crippen LogP contribution in [0.5, 0.6) is 0 Å². The number of H-pyrrole nitrogens is 1. The second-order valence-electron chi connectivity index (χ2n) is 7.55. The van der Waals surface area contributed by atoms with Gasteiger partial charge in [0, 0.05) is 18.0 Å². The molecular weight excluding hydrogens is 420 g/mol. The van der Waals surface area contributed by atoms with Crippen LogP contribution >= 0.6 is 0 Å². The monoisotopic (exact) mass is 442 g/mol. The minimum absolute atomic E-state index is 0.0682. The van der Waals surface area contributed by atoms with Gasteiger partial charge in [0.1, 0.15) is 11.4 Å². The smallest absolute Gasteiger partial charge is 0.339 e. The zero-order chi connectivity index (χ0) is 23.5. The number of rotatable bonds is 5. The summed E-state index contributed by atoms with van der Waals surface area (Å²) < 4.78 is 6.30. The second kappa shape index (κ2) is 8.96. The van der Waals surface area contributed by atoms with Crippen LogP contribution in [0.2, 0.25) is 0 Å². The van der Waals surface area contributed by atoms with Crippen LogP contribution in [0.1, 0.15) is 31.8 Å². The van der Waals surface area contributed by atoms with Crippen LogP contribution < -0.4 is 10.9 Å². The minimum Gasteiger partial charge on any atom is -0.465 e. The van der Waals surface area contributed by atoms with Crippen LogP contribution in [-0.2, 0) is 4.74 Å². The first-order valence-electron chi connectivity index (χ1n) is 10.2. The largest absolute Gasteiger partial charge is 0.465 e. The highest BCUT2D eigenvalue weighted by molar-refractivity contribution is 6.08. The quantitative estimate of drug-likeness (QED) is 0.456. The molecule has 0 atom stereocenters. The predicted octanol–water partition coefficient (Wildman–Crippen LogP) is 3.88. The molecule has 0 bridgehead atoms. The molecule has 2 N–H and O–H groups in total. The van der Waals surface area contributed by atoms with Crippen molar-refractivity contribution >= 4 is 17.6 Å². The number of ether oxygens (including phenoxy) is 1. The number of amides is 1. The molecule has 2 aromatic heterocycles. The standard InChI is InChI=1S/C25H22N4O4/c1-15-9-10-17(11-16(15)2)22-20(14-29(28-22)19-7-5-4-6-8-19)23(30)27-21-12-18(25(32)33-3)13-26-24(21)31/h4-14H,1-3H3,(H,26,31)(H,27,30). The number of carbonyl (C=O) groups is 2. The number of hydrogen-bond acceptors (Lipinski definition) is 5. The summed E-state index contributed by atoms with van der Waals surface area (Å²) in [4.78, 5) is 39.8. The lowest BCUT2D eigenvalue weighted by Crippen LogP contribution is -2.21. The Morgan fingerprint density at radius 1 is 1.03 bits per heavy atom. The summed E-state index contributed by atoms with van der Waals surface area (Å²) in [5, 5.41) is 7.26. The van der Waals surface area contributed by atoms with E-state index in [0.29, 0.717) is 5.69 Å². The normalized spacial score (nSPS) is 10.6. The molecule has 8 heteroatoms. The van der Waals surface area contributed by atoms with Crippen LogP contribution in [0.15, 0.2) is 71.8 Å². The van der Waals surface area contributed by atoms with E-state index in [9.17, 15) is 14.4 Å². The summed E-state index contributed by atoms with van der Waals surface area (Å²) in [5.41, 5.74) is 4.00. The number of carbonyl (C=O) groups excluding carboxylic acids is 2. The molecular formula is C25H22N4O4. The average molecular weight is 442 g/mol. The fourth-order valence-corrected chi connectivity index (χ4v) is 3.36. The van der Waals surface area contributed by atoms with Crippen molar-refractivity contribution in [2.24, 2.45) is 0 Å². The van der Waals surface area contributed by atoms with Gasteiger partial charge in [0.2, 0.25) is 0 Å². The third kappa shape index (κ3) is 4.45. The van der Waals surface area contributed by atoms with Gasteiger partial charge in [-0.25, -0.2) is 9.48 Å². The number of aromatic amines is 1. The molecule has 0 saturated carbocycles. The SMILES string of the molecule is COC(=O)c1c[nH]c(=O)c(NC(=O)c2cn(-c3ccccc3)nc2-c2ccc(C)c(C)c2)c1. The molecule has 4 aromatic rings. The first-order chi connectivity index (χ1) is 15.9. The molecule has 0 spiro atoms. The third-order valence-corrected chi connectivity index (χ3v) is 5.33. The fourth-order valence-electron chi connectivity index (χ4n) is 3.36. The summed E-state index contributed by atoms with van der Waals surface area (Å²) in [7, 11) is 1.24. The third-order valence-electron chi connectivity index (χ3n) is 5.33. The van der Waals surface area contributed by atoms with Gasteiger partial charge in [-0.15, -0.1) is 0 Å². The van der Waals surface area contributed by atoms with Gasteiger partial charge in [0.15, 0.2) is 0 Å². The van der Waals surface area contributed by atoms with E-state index in [1.165, 1.54) is 19.4 Å². The minimum atomic E-state index is -0.630. The number of hydrogen-bond donors (Lipinski definition) is 2. The Morgan fingerprint density at radius 2 is 1.79 bits per heavy atom. The van der Waals surface area contributed by atoms with Gasteiger partial charge in [0.05, 0.1) is 23.9 Å². The Hall–Kier alpha value is -4.46. The lowest BCUT2D eigenvalue weighted by atomic mass is 10.0. The van der Waals surface area contributed by atoms with Gasteiger partial charge in [-0.1, -0.05) is 30.3 Å². The number of aromatic nitrogens is 3. The van der Waals surface area contributed by atoms with E-state index in [0.717, 1.165) is 22.4 Å². The molecule has 2 heterocycles. The molecule has 8 nitrogen and oxygen atoms in total.